The summed E-state index contributed by atoms with van der Waals surface area (Å²) in [5.74, 6) is -0.229. The van der Waals surface area contributed by atoms with Crippen molar-refractivity contribution in [2.75, 3.05) is 33.2 Å². The largest absolute Gasteiger partial charge is 0.334 e. The lowest BCUT2D eigenvalue weighted by Gasteiger charge is -2.30. The minimum absolute atomic E-state index is 0.0699. The van der Waals surface area contributed by atoms with Gasteiger partial charge in [-0.25, -0.2) is 9.07 Å². The van der Waals surface area contributed by atoms with Gasteiger partial charge in [0.25, 0.3) is 5.91 Å². The molecule has 3 rings (SSSR count). The molecule has 0 aliphatic carbocycles. The van der Waals surface area contributed by atoms with E-state index in [2.05, 4.69) is 14.0 Å². The summed E-state index contributed by atoms with van der Waals surface area (Å²) >= 11 is 0. The first-order valence-electron chi connectivity index (χ1n) is 9.52. The monoisotopic (exact) mass is 359 g/mol. The second-order valence-corrected chi connectivity index (χ2v) is 7.01. The Labute approximate surface area is 154 Å². The number of carbonyl (C=O) groups excluding carboxylic acids is 1. The van der Waals surface area contributed by atoms with Crippen molar-refractivity contribution >= 4 is 5.91 Å². The van der Waals surface area contributed by atoms with E-state index < -0.39 is 0 Å². The number of quaternary nitrogens is 1. The van der Waals surface area contributed by atoms with Crippen LogP contribution in [0.2, 0.25) is 0 Å². The van der Waals surface area contributed by atoms with Gasteiger partial charge in [0.15, 0.2) is 0 Å². The number of rotatable bonds is 5. The van der Waals surface area contributed by atoms with Crippen LogP contribution in [0.15, 0.2) is 24.3 Å². The molecule has 1 aromatic heterocycles. The molecule has 1 fully saturated rings. The molecule has 1 aromatic carbocycles. The molecule has 1 aliphatic rings. The fraction of sp³-hybridized carbons (Fsp3) is 0.500. The summed E-state index contributed by atoms with van der Waals surface area (Å²) in [6.07, 6.45) is 2.33. The van der Waals surface area contributed by atoms with E-state index >= 15 is 0 Å². The van der Waals surface area contributed by atoms with Gasteiger partial charge in [0, 0.05) is 0 Å². The SMILES string of the molecule is CCCc1nn(-c2cccc(F)c2)c(CC)c1C(=O)N1CC[NH+](C)CC1. The number of hydrogen-bond acceptors (Lipinski definition) is 2. The number of piperazine rings is 1. The summed E-state index contributed by atoms with van der Waals surface area (Å²) in [6, 6.07) is 6.40. The molecular formula is C20H28FN4O+. The van der Waals surface area contributed by atoms with Gasteiger partial charge in [0.1, 0.15) is 5.82 Å². The van der Waals surface area contributed by atoms with Crippen LogP contribution in [0.3, 0.4) is 0 Å². The van der Waals surface area contributed by atoms with Crippen molar-refractivity contribution in [1.29, 1.82) is 0 Å². The Balaban J connectivity index is 2.04. The molecule has 26 heavy (non-hydrogen) atoms. The molecule has 0 unspecified atom stereocenters. The van der Waals surface area contributed by atoms with Crippen molar-refractivity contribution in [2.45, 2.75) is 33.1 Å². The number of nitrogens with zero attached hydrogens (tertiary/aromatic N) is 3. The zero-order chi connectivity index (χ0) is 18.7. The smallest absolute Gasteiger partial charge is 0.258 e. The molecule has 1 saturated heterocycles. The Morgan fingerprint density at radius 3 is 2.62 bits per heavy atom. The second kappa shape index (κ2) is 7.99. The third-order valence-electron chi connectivity index (χ3n) is 5.05. The van der Waals surface area contributed by atoms with Crippen LogP contribution in [0.1, 0.15) is 42.0 Å². The molecule has 6 heteroatoms. The highest BCUT2D eigenvalue weighted by molar-refractivity contribution is 5.96. The van der Waals surface area contributed by atoms with Crippen LogP contribution in [0.25, 0.3) is 5.69 Å². The zero-order valence-electron chi connectivity index (χ0n) is 15.9. The Morgan fingerprint density at radius 1 is 1.27 bits per heavy atom. The third-order valence-corrected chi connectivity index (χ3v) is 5.05. The Hall–Kier alpha value is -2.21. The second-order valence-electron chi connectivity index (χ2n) is 7.01. The number of benzene rings is 1. The predicted octanol–water partition coefficient (Wildman–Crippen LogP) is 1.50. The van der Waals surface area contributed by atoms with Crippen LogP contribution in [0.5, 0.6) is 0 Å². The van der Waals surface area contributed by atoms with Gasteiger partial charge < -0.3 is 9.80 Å². The maximum Gasteiger partial charge on any atom is 0.258 e. The van der Waals surface area contributed by atoms with Crippen LogP contribution < -0.4 is 4.90 Å². The Bertz CT molecular complexity index is 778. The lowest BCUT2D eigenvalue weighted by molar-refractivity contribution is -0.883. The van der Waals surface area contributed by atoms with Gasteiger partial charge in [-0.1, -0.05) is 26.3 Å². The van der Waals surface area contributed by atoms with Gasteiger partial charge in [-0.3, -0.25) is 4.79 Å². The molecule has 0 saturated carbocycles. The highest BCUT2D eigenvalue weighted by atomic mass is 19.1. The number of hydrogen-bond donors (Lipinski definition) is 1. The van der Waals surface area contributed by atoms with Crippen molar-refractivity contribution in [1.82, 2.24) is 14.7 Å². The lowest BCUT2D eigenvalue weighted by Crippen LogP contribution is -3.12. The topological polar surface area (TPSA) is 42.6 Å². The molecule has 2 heterocycles. The number of aryl methyl sites for hydroxylation is 1. The van der Waals surface area contributed by atoms with Gasteiger partial charge in [-0.05, 0) is 31.0 Å². The first kappa shape index (κ1) is 18.6. The molecule has 0 radical (unpaired) electrons. The summed E-state index contributed by atoms with van der Waals surface area (Å²) in [7, 11) is 2.16. The number of carbonyl (C=O) groups is 1. The first-order chi connectivity index (χ1) is 12.5. The van der Waals surface area contributed by atoms with Gasteiger partial charge in [-0.2, -0.15) is 5.10 Å². The maximum atomic E-state index is 13.7. The lowest BCUT2D eigenvalue weighted by atomic mass is 10.1. The number of nitrogens with one attached hydrogen (secondary N) is 1. The zero-order valence-corrected chi connectivity index (χ0v) is 15.9. The fourth-order valence-corrected chi connectivity index (χ4v) is 3.56. The van der Waals surface area contributed by atoms with Gasteiger partial charge in [0.05, 0.1) is 55.9 Å². The molecule has 0 bridgehead atoms. The van der Waals surface area contributed by atoms with Crippen LogP contribution in [0, 0.1) is 5.82 Å². The summed E-state index contributed by atoms with van der Waals surface area (Å²) in [6.45, 7) is 7.57. The van der Waals surface area contributed by atoms with Gasteiger partial charge >= 0.3 is 0 Å². The quantitative estimate of drug-likeness (QED) is 0.879. The summed E-state index contributed by atoms with van der Waals surface area (Å²) in [4.78, 5) is 16.7. The molecule has 2 aromatic rings. The van der Waals surface area contributed by atoms with Gasteiger partial charge in [0.2, 0.25) is 0 Å². The highest BCUT2D eigenvalue weighted by Gasteiger charge is 2.29. The van der Waals surface area contributed by atoms with E-state index in [0.29, 0.717) is 12.1 Å². The summed E-state index contributed by atoms with van der Waals surface area (Å²) in [5.41, 5.74) is 3.08. The summed E-state index contributed by atoms with van der Waals surface area (Å²) in [5, 5.41) is 4.71. The summed E-state index contributed by atoms with van der Waals surface area (Å²) < 4.78 is 15.5. The fourth-order valence-electron chi connectivity index (χ4n) is 3.56. The maximum absolute atomic E-state index is 13.7. The molecule has 1 N–H and O–H groups in total. The molecule has 1 aliphatic heterocycles. The Kier molecular flexibility index (Phi) is 5.71. The molecule has 0 atom stereocenters. The van der Waals surface area contributed by atoms with E-state index in [1.54, 1.807) is 10.7 Å². The normalized spacial score (nSPS) is 15.5. The van der Waals surface area contributed by atoms with Crippen molar-refractivity contribution in [3.63, 3.8) is 0 Å². The number of likely N-dealkylation sites (N-methyl/N-ethyl adjacent to an activating group) is 1. The number of aromatic nitrogens is 2. The van der Waals surface area contributed by atoms with E-state index in [1.165, 1.54) is 17.0 Å². The van der Waals surface area contributed by atoms with Crippen LogP contribution >= 0.6 is 0 Å². The number of amides is 1. The van der Waals surface area contributed by atoms with E-state index in [1.807, 2.05) is 17.9 Å². The van der Waals surface area contributed by atoms with Crippen LogP contribution in [0.4, 0.5) is 4.39 Å². The minimum atomic E-state index is -0.299. The van der Waals surface area contributed by atoms with Gasteiger partial charge in [-0.15, -0.1) is 0 Å². The highest BCUT2D eigenvalue weighted by Crippen LogP contribution is 2.23. The third kappa shape index (κ3) is 3.65. The predicted molar refractivity (Wildman–Crippen MR) is 99.4 cm³/mol. The molecular weight excluding hydrogens is 331 g/mol. The van der Waals surface area contributed by atoms with Crippen molar-refractivity contribution in [2.24, 2.45) is 0 Å². The first-order valence-corrected chi connectivity index (χ1v) is 9.52. The standard InChI is InChI=1S/C20H27FN4O/c1-4-7-17-19(20(26)24-12-10-23(3)11-13-24)18(5-2)25(22-17)16-9-6-8-15(21)14-16/h6,8-9,14H,4-5,7,10-13H2,1-3H3/p+1. The van der Waals surface area contributed by atoms with Crippen molar-refractivity contribution in [3.8, 4) is 5.69 Å². The van der Waals surface area contributed by atoms with Crippen LogP contribution in [-0.4, -0.2) is 53.8 Å². The van der Waals surface area contributed by atoms with Crippen molar-refractivity contribution < 1.29 is 14.1 Å². The minimum Gasteiger partial charge on any atom is -0.334 e. The molecule has 5 nitrogen and oxygen atoms in total. The van der Waals surface area contributed by atoms with E-state index in [-0.39, 0.29) is 11.7 Å². The van der Waals surface area contributed by atoms with Crippen LogP contribution in [-0.2, 0) is 12.8 Å². The van der Waals surface area contributed by atoms with E-state index in [4.69, 9.17) is 5.10 Å². The van der Waals surface area contributed by atoms with E-state index in [9.17, 15) is 9.18 Å². The molecule has 1 amide bonds. The molecule has 0 spiro atoms. The van der Waals surface area contributed by atoms with E-state index in [0.717, 1.165) is 56.0 Å². The Morgan fingerprint density at radius 2 is 2.00 bits per heavy atom. The average Bonchev–Trinajstić information content (AvgIpc) is 3.00. The van der Waals surface area contributed by atoms with Crippen molar-refractivity contribution in [3.05, 3.63) is 47.0 Å². The number of halogens is 1. The average molecular weight is 359 g/mol. The molecule has 140 valence electrons.